The van der Waals surface area contributed by atoms with Crippen LogP contribution in [-0.2, 0) is 14.3 Å². The van der Waals surface area contributed by atoms with Gasteiger partial charge in [0.2, 0.25) is 0 Å². The van der Waals surface area contributed by atoms with E-state index in [4.69, 9.17) is 9.47 Å². The fourth-order valence-electron chi connectivity index (χ4n) is 4.21. The molecule has 0 aliphatic heterocycles. The molecule has 1 unspecified atom stereocenters. The van der Waals surface area contributed by atoms with Crippen molar-refractivity contribution in [2.75, 3.05) is 19.8 Å². The highest BCUT2D eigenvalue weighted by atomic mass is 16.6. The maximum absolute atomic E-state index is 12.0. The van der Waals surface area contributed by atoms with Crippen molar-refractivity contribution < 1.29 is 19.4 Å². The van der Waals surface area contributed by atoms with Crippen LogP contribution in [0.2, 0.25) is 0 Å². The number of esters is 1. The molecule has 4 nitrogen and oxygen atoms in total. The highest BCUT2D eigenvalue weighted by Gasteiger charge is 2.13. The van der Waals surface area contributed by atoms with Crippen LogP contribution in [0.4, 0.5) is 0 Å². The van der Waals surface area contributed by atoms with Crippen molar-refractivity contribution in [3.8, 4) is 0 Å². The first-order valence-electron chi connectivity index (χ1n) is 16.1. The second-order valence-corrected chi connectivity index (χ2v) is 10.5. The Hall–Kier alpha value is -1.39. The van der Waals surface area contributed by atoms with Crippen molar-refractivity contribution in [1.29, 1.82) is 0 Å². The lowest BCUT2D eigenvalue weighted by Crippen LogP contribution is -2.27. The lowest BCUT2D eigenvalue weighted by Gasteiger charge is -2.15. The van der Waals surface area contributed by atoms with Gasteiger partial charge >= 0.3 is 5.97 Å². The van der Waals surface area contributed by atoms with E-state index in [2.05, 4.69) is 50.3 Å². The predicted molar refractivity (Wildman–Crippen MR) is 164 cm³/mol. The molecule has 0 aromatic rings. The van der Waals surface area contributed by atoms with Crippen LogP contribution in [0.15, 0.2) is 36.5 Å². The summed E-state index contributed by atoms with van der Waals surface area (Å²) in [4.78, 5) is 12.0. The SMILES string of the molecule is CCCC/C=C\C/C=C\CCCCCCCCOCC(CO)OC(=O)CCCCCCC/C=C\CCCC. The molecule has 0 radical (unpaired) electrons. The zero-order valence-electron chi connectivity index (χ0n) is 25.2. The predicted octanol–water partition coefficient (Wildman–Crippen LogP) is 9.81. The molecule has 1 N–H and O–H groups in total. The average molecular weight is 535 g/mol. The monoisotopic (exact) mass is 534 g/mol. The normalized spacial score (nSPS) is 12.8. The second-order valence-electron chi connectivity index (χ2n) is 10.5. The van der Waals surface area contributed by atoms with Crippen LogP contribution in [0.25, 0.3) is 0 Å². The Balaban J connectivity index is 3.49. The molecule has 4 heteroatoms. The number of aliphatic hydroxyl groups excluding tert-OH is 1. The first kappa shape index (κ1) is 36.6. The van der Waals surface area contributed by atoms with Gasteiger partial charge in [0.15, 0.2) is 0 Å². The number of allylic oxidation sites excluding steroid dienone is 6. The maximum Gasteiger partial charge on any atom is 0.306 e. The smallest absolute Gasteiger partial charge is 0.306 e. The lowest BCUT2D eigenvalue weighted by atomic mass is 10.1. The van der Waals surface area contributed by atoms with Crippen molar-refractivity contribution in [2.45, 2.75) is 155 Å². The molecule has 222 valence electrons. The molecule has 0 fully saturated rings. The molecular weight excluding hydrogens is 472 g/mol. The summed E-state index contributed by atoms with van der Waals surface area (Å²) >= 11 is 0. The summed E-state index contributed by atoms with van der Waals surface area (Å²) in [6.45, 7) is 5.22. The molecule has 0 aliphatic carbocycles. The quantitative estimate of drug-likeness (QED) is 0.0589. The average Bonchev–Trinajstić information content (AvgIpc) is 2.92. The number of rotatable bonds is 29. The molecule has 0 rings (SSSR count). The van der Waals surface area contributed by atoms with Gasteiger partial charge in [-0.1, -0.05) is 121 Å². The molecular formula is C34H62O4. The number of unbranched alkanes of at least 4 members (excludes halogenated alkanes) is 15. The van der Waals surface area contributed by atoms with Gasteiger partial charge in [0, 0.05) is 13.0 Å². The Morgan fingerprint density at radius 1 is 0.632 bits per heavy atom. The molecule has 0 amide bonds. The number of aliphatic hydroxyl groups is 1. The summed E-state index contributed by atoms with van der Waals surface area (Å²) in [5, 5.41) is 9.50. The van der Waals surface area contributed by atoms with E-state index in [0.717, 1.165) is 38.5 Å². The fraction of sp³-hybridized carbons (Fsp3) is 0.794. The molecule has 1 atom stereocenters. The van der Waals surface area contributed by atoms with E-state index < -0.39 is 6.10 Å². The Bertz CT molecular complexity index is 567. The van der Waals surface area contributed by atoms with Gasteiger partial charge in [0.1, 0.15) is 6.10 Å². The van der Waals surface area contributed by atoms with Gasteiger partial charge in [-0.25, -0.2) is 0 Å². The molecule has 0 aromatic heterocycles. The van der Waals surface area contributed by atoms with Gasteiger partial charge in [-0.3, -0.25) is 4.79 Å². The third-order valence-electron chi connectivity index (χ3n) is 6.69. The van der Waals surface area contributed by atoms with E-state index in [1.807, 2.05) is 0 Å². The first-order chi connectivity index (χ1) is 18.7. The molecule has 0 heterocycles. The van der Waals surface area contributed by atoms with E-state index in [1.165, 1.54) is 89.9 Å². The standard InChI is InChI=1S/C34H62O4/c1-3-5-7-9-11-13-15-16-17-18-20-22-24-26-28-30-37-32-33(31-35)38-34(36)29-27-25-23-21-19-14-12-10-8-6-4-2/h9-12,15-16,33,35H,3-8,13-14,17-32H2,1-2H3/b11-9-,12-10-,16-15-. The number of hydrogen-bond donors (Lipinski definition) is 1. The third-order valence-corrected chi connectivity index (χ3v) is 6.69. The van der Waals surface area contributed by atoms with Crippen LogP contribution in [0.5, 0.6) is 0 Å². The highest BCUT2D eigenvalue weighted by molar-refractivity contribution is 5.69. The summed E-state index contributed by atoms with van der Waals surface area (Å²) < 4.78 is 11.0. The molecule has 0 saturated heterocycles. The van der Waals surface area contributed by atoms with E-state index >= 15 is 0 Å². The summed E-state index contributed by atoms with van der Waals surface area (Å²) in [5.74, 6) is -0.218. The highest BCUT2D eigenvalue weighted by Crippen LogP contribution is 2.11. The summed E-state index contributed by atoms with van der Waals surface area (Å²) in [6.07, 6.45) is 37.4. The fourth-order valence-corrected chi connectivity index (χ4v) is 4.21. The third kappa shape index (κ3) is 29.2. The van der Waals surface area contributed by atoms with Gasteiger partial charge in [-0.2, -0.15) is 0 Å². The van der Waals surface area contributed by atoms with Gasteiger partial charge in [0.25, 0.3) is 0 Å². The minimum absolute atomic E-state index is 0.179. The van der Waals surface area contributed by atoms with Crippen molar-refractivity contribution in [3.05, 3.63) is 36.5 Å². The van der Waals surface area contributed by atoms with Gasteiger partial charge in [-0.15, -0.1) is 0 Å². The Morgan fingerprint density at radius 3 is 1.66 bits per heavy atom. The zero-order valence-corrected chi connectivity index (χ0v) is 25.2. The molecule has 0 aliphatic rings. The molecule has 0 saturated carbocycles. The summed E-state index contributed by atoms with van der Waals surface area (Å²) in [6, 6.07) is 0. The van der Waals surface area contributed by atoms with Crippen LogP contribution in [0.3, 0.4) is 0 Å². The van der Waals surface area contributed by atoms with Crippen molar-refractivity contribution in [1.82, 2.24) is 0 Å². The van der Waals surface area contributed by atoms with Crippen LogP contribution in [0.1, 0.15) is 149 Å². The number of ether oxygens (including phenoxy) is 2. The van der Waals surface area contributed by atoms with Crippen molar-refractivity contribution >= 4 is 5.97 Å². The Labute approximate surface area is 236 Å². The minimum Gasteiger partial charge on any atom is -0.457 e. The van der Waals surface area contributed by atoms with E-state index in [1.54, 1.807) is 0 Å². The minimum atomic E-state index is -0.540. The Kier molecular flexibility index (Phi) is 30.7. The summed E-state index contributed by atoms with van der Waals surface area (Å²) in [5.41, 5.74) is 0. The molecule has 0 spiro atoms. The second kappa shape index (κ2) is 31.8. The van der Waals surface area contributed by atoms with Crippen LogP contribution in [-0.4, -0.2) is 37.0 Å². The van der Waals surface area contributed by atoms with Crippen molar-refractivity contribution in [3.63, 3.8) is 0 Å². The lowest BCUT2D eigenvalue weighted by molar-refractivity contribution is -0.154. The van der Waals surface area contributed by atoms with Crippen LogP contribution in [0, 0.1) is 0 Å². The Morgan fingerprint density at radius 2 is 1.11 bits per heavy atom. The van der Waals surface area contributed by atoms with Crippen LogP contribution < -0.4 is 0 Å². The number of hydrogen-bond acceptors (Lipinski definition) is 4. The first-order valence-corrected chi connectivity index (χ1v) is 16.1. The van der Waals surface area contributed by atoms with E-state index in [9.17, 15) is 9.90 Å². The largest absolute Gasteiger partial charge is 0.457 e. The topological polar surface area (TPSA) is 55.8 Å². The molecule has 38 heavy (non-hydrogen) atoms. The van der Waals surface area contributed by atoms with Gasteiger partial charge in [-0.05, 0) is 57.8 Å². The van der Waals surface area contributed by atoms with Gasteiger partial charge < -0.3 is 14.6 Å². The van der Waals surface area contributed by atoms with E-state index in [-0.39, 0.29) is 19.2 Å². The molecule has 0 aromatic carbocycles. The van der Waals surface area contributed by atoms with E-state index in [0.29, 0.717) is 13.0 Å². The number of carbonyl (C=O) groups is 1. The van der Waals surface area contributed by atoms with Gasteiger partial charge in [0.05, 0.1) is 13.2 Å². The van der Waals surface area contributed by atoms with Crippen molar-refractivity contribution in [2.24, 2.45) is 0 Å². The maximum atomic E-state index is 12.0. The number of carbonyl (C=O) groups excluding carboxylic acids is 1. The molecule has 0 bridgehead atoms. The van der Waals surface area contributed by atoms with Crippen LogP contribution >= 0.6 is 0 Å². The zero-order chi connectivity index (χ0) is 27.8. The summed E-state index contributed by atoms with van der Waals surface area (Å²) in [7, 11) is 0.